The quantitative estimate of drug-likeness (QED) is 0.196. The van der Waals surface area contributed by atoms with E-state index in [2.05, 4.69) is 82.1 Å². The van der Waals surface area contributed by atoms with Crippen molar-refractivity contribution in [1.29, 1.82) is 0 Å². The lowest BCUT2D eigenvalue weighted by Crippen LogP contribution is -2.62. The number of nitrogens with one attached hydrogen (secondary N) is 2. The van der Waals surface area contributed by atoms with Gasteiger partial charge in [0, 0.05) is 99.6 Å². The van der Waals surface area contributed by atoms with Gasteiger partial charge in [-0.05, 0) is 74.3 Å². The molecule has 3 fully saturated rings. The maximum atomic E-state index is 14.7. The van der Waals surface area contributed by atoms with E-state index in [1.807, 2.05) is 37.7 Å². The Morgan fingerprint density at radius 3 is 2.57 bits per heavy atom. The van der Waals surface area contributed by atoms with Gasteiger partial charge >= 0.3 is 5.97 Å². The van der Waals surface area contributed by atoms with E-state index < -0.39 is 47.2 Å². The normalized spacial score (nSPS) is 21.7. The number of amides is 4. The molecule has 0 radical (unpaired) electrons. The number of morpholine rings is 1. The van der Waals surface area contributed by atoms with Crippen LogP contribution in [-0.2, 0) is 59.9 Å². The topological polar surface area (TPSA) is 176 Å². The van der Waals surface area contributed by atoms with Gasteiger partial charge in [0.05, 0.1) is 49.9 Å². The largest absolute Gasteiger partial charge is 0.464 e. The second-order valence-electron chi connectivity index (χ2n) is 19.8. The van der Waals surface area contributed by atoms with Crippen LogP contribution in [0.5, 0.6) is 0 Å². The van der Waals surface area contributed by atoms with Crippen molar-refractivity contribution in [2.24, 2.45) is 24.3 Å². The number of hydrogen-bond donors (Lipinski definition) is 2. The third-order valence-electron chi connectivity index (χ3n) is 13.9. The lowest BCUT2D eigenvalue weighted by atomic mass is 9.84. The highest BCUT2D eigenvalue weighted by Crippen LogP contribution is 2.40. The summed E-state index contributed by atoms with van der Waals surface area (Å²) in [4.78, 5) is 84.9. The molecule has 68 heavy (non-hydrogen) atoms. The molecule has 8 rings (SSSR count). The van der Waals surface area contributed by atoms with Crippen molar-refractivity contribution in [2.75, 3.05) is 66.1 Å². The molecule has 17 heteroatoms. The highest BCUT2D eigenvalue weighted by molar-refractivity contribution is 5.96. The highest BCUT2D eigenvalue weighted by Gasteiger charge is 2.40. The first-order valence-corrected chi connectivity index (χ1v) is 24.1. The van der Waals surface area contributed by atoms with Crippen LogP contribution < -0.4 is 10.7 Å². The van der Waals surface area contributed by atoms with Crippen LogP contribution in [-0.4, -0.2) is 153 Å². The first-order chi connectivity index (χ1) is 32.6. The van der Waals surface area contributed by atoms with E-state index in [1.165, 1.54) is 9.91 Å². The molecule has 4 atom stereocenters. The van der Waals surface area contributed by atoms with Crippen molar-refractivity contribution >= 4 is 40.5 Å². The third-order valence-corrected chi connectivity index (χ3v) is 13.9. The maximum absolute atomic E-state index is 14.7. The Hall–Kier alpha value is -6.09. The van der Waals surface area contributed by atoms with Crippen LogP contribution >= 0.6 is 0 Å². The Balaban J connectivity index is 1.07. The van der Waals surface area contributed by atoms with Gasteiger partial charge in [0.1, 0.15) is 23.9 Å². The van der Waals surface area contributed by atoms with Crippen molar-refractivity contribution in [2.45, 2.75) is 91.4 Å². The number of cyclic esters (lactones) is 1. The molecule has 4 aromatic rings. The number of nitrogens with zero attached hydrogens (tertiary/aromatic N) is 8. The summed E-state index contributed by atoms with van der Waals surface area (Å²) in [6.07, 6.45) is 7.54. The highest BCUT2D eigenvalue weighted by atomic mass is 16.5. The number of benzene rings is 1. The zero-order valence-corrected chi connectivity index (χ0v) is 40.5. The molecule has 4 aliphatic heterocycles. The van der Waals surface area contributed by atoms with E-state index in [9.17, 15) is 24.0 Å². The molecule has 17 nitrogen and oxygen atoms in total. The van der Waals surface area contributed by atoms with E-state index in [0.717, 1.165) is 58.6 Å². The lowest BCUT2D eigenvalue weighted by molar-refractivity contribution is -0.155. The minimum absolute atomic E-state index is 0.0299. The molecule has 362 valence electrons. The molecule has 2 N–H and O–H groups in total. The zero-order chi connectivity index (χ0) is 48.3. The van der Waals surface area contributed by atoms with Gasteiger partial charge in [0.2, 0.25) is 11.8 Å². The number of hydrazine groups is 1. The Bertz CT molecular complexity index is 2590. The molecule has 4 amide bonds. The number of fused-ring (bicyclic) bond motifs is 6. The van der Waals surface area contributed by atoms with Crippen molar-refractivity contribution < 1.29 is 33.4 Å². The molecule has 7 heterocycles. The molecular formula is C51H66N10O7. The van der Waals surface area contributed by atoms with Crippen LogP contribution in [0.25, 0.3) is 33.4 Å². The number of ether oxygens (including phenoxy) is 2. The fraction of sp³-hybridized carbons (Fsp3) is 0.549. The average Bonchev–Trinajstić information content (AvgIpc) is 4.06. The van der Waals surface area contributed by atoms with Gasteiger partial charge in [-0.25, -0.2) is 10.4 Å². The van der Waals surface area contributed by atoms with Gasteiger partial charge in [-0.2, -0.15) is 0 Å². The number of likely N-dealkylation sites (N-methyl/N-ethyl adjacent to an activating group) is 1. The van der Waals surface area contributed by atoms with Gasteiger partial charge < -0.3 is 33.7 Å². The number of esters is 1. The van der Waals surface area contributed by atoms with E-state index in [1.54, 1.807) is 24.3 Å². The summed E-state index contributed by atoms with van der Waals surface area (Å²) in [5, 5.41) is 5.53. The van der Waals surface area contributed by atoms with E-state index in [4.69, 9.17) is 14.5 Å². The fourth-order valence-electron chi connectivity index (χ4n) is 10.2. The molecule has 4 aliphatic rings. The van der Waals surface area contributed by atoms with E-state index >= 15 is 0 Å². The zero-order valence-electron chi connectivity index (χ0n) is 40.5. The number of imidazole rings is 1. The smallest absolute Gasteiger partial charge is 0.324 e. The van der Waals surface area contributed by atoms with E-state index in [0.29, 0.717) is 64.4 Å². The Labute approximate surface area is 398 Å². The second-order valence-corrected chi connectivity index (χ2v) is 19.8. The molecular weight excluding hydrogens is 865 g/mol. The first-order valence-electron chi connectivity index (χ1n) is 24.1. The van der Waals surface area contributed by atoms with Crippen LogP contribution in [0.1, 0.15) is 65.3 Å². The number of pyridine rings is 1. The second kappa shape index (κ2) is 20.6. The van der Waals surface area contributed by atoms with Gasteiger partial charge in [0.15, 0.2) is 0 Å². The minimum Gasteiger partial charge on any atom is -0.464 e. The Morgan fingerprint density at radius 1 is 1.04 bits per heavy atom. The molecule has 0 spiro atoms. The summed E-state index contributed by atoms with van der Waals surface area (Å²) in [6, 6.07) is 7.58. The maximum Gasteiger partial charge on any atom is 0.324 e. The number of hydrogen-bond acceptors (Lipinski definition) is 11. The summed E-state index contributed by atoms with van der Waals surface area (Å²) in [7, 11) is 3.52. The summed E-state index contributed by atoms with van der Waals surface area (Å²) in [6.45, 7) is 15.1. The van der Waals surface area contributed by atoms with Crippen LogP contribution in [0, 0.1) is 29.1 Å². The van der Waals surface area contributed by atoms with Gasteiger partial charge in [-0.3, -0.25) is 38.9 Å². The molecule has 1 unspecified atom stereocenters. The SMILES string of the molecule is CCn1c(-c2cccnc2)c2c3cc(ccc31)-c1cnc(n1C)C[C@H](NC(=O)C(C(C)C)N(C)C(=O)[C@H]1CCN(C(=O)C#CCN3CCOCC3)C1)C(=O)N1CCC[C@H](N1)C(=O)OCC(C)(C)C2. The number of carbonyl (C=O) groups excluding carboxylic acids is 5. The first kappa shape index (κ1) is 48.4. The molecule has 6 bridgehead atoms. The van der Waals surface area contributed by atoms with Crippen molar-refractivity contribution in [3.05, 3.63) is 60.3 Å². The van der Waals surface area contributed by atoms with Crippen molar-refractivity contribution in [3.63, 3.8) is 0 Å². The van der Waals surface area contributed by atoms with Crippen LogP contribution in [0.2, 0.25) is 0 Å². The van der Waals surface area contributed by atoms with Gasteiger partial charge in [0.25, 0.3) is 11.8 Å². The third kappa shape index (κ3) is 10.3. The molecule has 0 saturated carbocycles. The summed E-state index contributed by atoms with van der Waals surface area (Å²) in [5.74, 6) is 3.47. The predicted molar refractivity (Wildman–Crippen MR) is 256 cm³/mol. The fourth-order valence-corrected chi connectivity index (χ4v) is 10.2. The van der Waals surface area contributed by atoms with Gasteiger partial charge in [-0.15, -0.1) is 0 Å². The predicted octanol–water partition coefficient (Wildman–Crippen LogP) is 3.44. The molecule has 0 aliphatic carbocycles. The van der Waals surface area contributed by atoms with Crippen molar-refractivity contribution in [3.8, 4) is 34.4 Å². The number of likely N-dealkylation sites (tertiary alicyclic amines) is 1. The number of aryl methyl sites for hydroxylation is 1. The monoisotopic (exact) mass is 931 g/mol. The Morgan fingerprint density at radius 2 is 1.84 bits per heavy atom. The standard InChI is InChI=1S/C51H66N10O7/c1-8-60-41-16-15-34-26-37(41)38(46(60)35-12-9-18-52-29-35)28-51(4,5)32-68-50(66)39-13-10-20-61(55-39)49(65)40(27-43-53-30-42(34)56(43)6)54-47(63)45(33(2)3)57(7)48(64)36-17-21-59(31-36)44(62)14-11-19-58-22-24-67-25-23-58/h9,12,15-16,18,26,29-30,33,36,39-40,45,55H,8,10,13,17,19-25,27-28,31-32H2,1-7H3,(H,54,63)/t36-,39-,40-,45?/m0/s1. The van der Waals surface area contributed by atoms with Crippen LogP contribution in [0.15, 0.2) is 48.9 Å². The number of rotatable bonds is 8. The summed E-state index contributed by atoms with van der Waals surface area (Å²) in [5.41, 5.74) is 8.69. The van der Waals surface area contributed by atoms with Gasteiger partial charge in [-0.1, -0.05) is 39.7 Å². The lowest BCUT2D eigenvalue weighted by Gasteiger charge is -2.37. The number of carbonyl (C=O) groups is 5. The molecule has 3 aromatic heterocycles. The van der Waals surface area contributed by atoms with E-state index in [-0.39, 0.29) is 37.3 Å². The summed E-state index contributed by atoms with van der Waals surface area (Å²) >= 11 is 0. The minimum atomic E-state index is -1.12. The van der Waals surface area contributed by atoms with Crippen LogP contribution in [0.4, 0.5) is 0 Å². The Kier molecular flexibility index (Phi) is 14.7. The van der Waals surface area contributed by atoms with Crippen LogP contribution in [0.3, 0.4) is 0 Å². The number of aromatic nitrogens is 4. The molecule has 3 saturated heterocycles. The summed E-state index contributed by atoms with van der Waals surface area (Å²) < 4.78 is 15.7. The molecule has 1 aromatic carbocycles. The van der Waals surface area contributed by atoms with Crippen molar-refractivity contribution in [1.82, 2.24) is 49.6 Å². The average molecular weight is 931 g/mol.